The molecule has 0 aliphatic rings. The van der Waals surface area contributed by atoms with Crippen molar-refractivity contribution in [1.82, 2.24) is 0 Å². The predicted molar refractivity (Wildman–Crippen MR) is 79.2 cm³/mol. The number of nitrogens with one attached hydrogen (secondary N) is 1. The van der Waals surface area contributed by atoms with E-state index in [1.54, 1.807) is 24.3 Å². The number of carbonyl (C=O) groups excluding carboxylic acids is 1. The zero-order valence-electron chi connectivity index (χ0n) is 11.6. The van der Waals surface area contributed by atoms with E-state index >= 15 is 0 Å². The van der Waals surface area contributed by atoms with Crippen LogP contribution in [0.15, 0.2) is 48.5 Å². The van der Waals surface area contributed by atoms with Crippen LogP contribution in [0.1, 0.15) is 12.5 Å². The molecule has 2 rings (SSSR count). The highest BCUT2D eigenvalue weighted by molar-refractivity contribution is 5.97. The number of phenolic OH excluding ortho intramolecular Hbond substituents is 2. The van der Waals surface area contributed by atoms with E-state index in [-0.39, 0.29) is 17.9 Å². The van der Waals surface area contributed by atoms with E-state index in [9.17, 15) is 20.1 Å². The van der Waals surface area contributed by atoms with Gasteiger partial charge < -0.3 is 20.6 Å². The minimum absolute atomic E-state index is 0.101. The van der Waals surface area contributed by atoms with Crippen molar-refractivity contribution in [2.75, 3.05) is 5.32 Å². The second-order valence-electron chi connectivity index (χ2n) is 5.12. The lowest BCUT2D eigenvalue weighted by Gasteiger charge is -2.22. The number of aromatic hydroxyl groups is 2. The van der Waals surface area contributed by atoms with Gasteiger partial charge in [-0.2, -0.15) is 0 Å². The first-order chi connectivity index (χ1) is 9.87. The summed E-state index contributed by atoms with van der Waals surface area (Å²) in [7, 11) is 0. The molecule has 0 bridgehead atoms. The lowest BCUT2D eigenvalue weighted by Crippen LogP contribution is -2.42. The number of hydrogen-bond acceptors (Lipinski definition) is 4. The van der Waals surface area contributed by atoms with E-state index in [0.717, 1.165) is 5.56 Å². The normalized spacial score (nSPS) is 13.4. The van der Waals surface area contributed by atoms with E-state index < -0.39 is 11.5 Å². The van der Waals surface area contributed by atoms with E-state index in [1.807, 2.05) is 0 Å². The molecule has 0 unspecified atom stereocenters. The summed E-state index contributed by atoms with van der Waals surface area (Å²) < 4.78 is 0. The Morgan fingerprint density at radius 3 is 2.00 bits per heavy atom. The molecule has 1 atom stereocenters. The van der Waals surface area contributed by atoms with Crippen molar-refractivity contribution in [3.05, 3.63) is 54.1 Å². The van der Waals surface area contributed by atoms with Gasteiger partial charge in [0, 0.05) is 12.1 Å². The third-order valence-electron chi connectivity index (χ3n) is 3.10. The molecule has 2 aromatic carbocycles. The lowest BCUT2D eigenvalue weighted by atomic mass is 9.95. The Morgan fingerprint density at radius 2 is 1.48 bits per heavy atom. The Balaban J connectivity index is 2.05. The quantitative estimate of drug-likeness (QED) is 0.648. The highest BCUT2D eigenvalue weighted by Crippen LogP contribution is 2.19. The average molecular weight is 287 g/mol. The van der Waals surface area contributed by atoms with Crippen molar-refractivity contribution < 1.29 is 20.1 Å². The maximum atomic E-state index is 12.1. The summed E-state index contributed by atoms with van der Waals surface area (Å²) in [6.45, 7) is 1.43. The van der Waals surface area contributed by atoms with Crippen molar-refractivity contribution in [3.8, 4) is 11.5 Å². The molecule has 0 aliphatic carbocycles. The van der Waals surface area contributed by atoms with Gasteiger partial charge in [0.05, 0.1) is 0 Å². The van der Waals surface area contributed by atoms with Crippen LogP contribution in [0.5, 0.6) is 11.5 Å². The number of phenols is 2. The number of anilines is 1. The minimum Gasteiger partial charge on any atom is -0.508 e. The second-order valence-corrected chi connectivity index (χ2v) is 5.12. The number of carbonyl (C=O) groups is 1. The van der Waals surface area contributed by atoms with Gasteiger partial charge in [0.2, 0.25) is 0 Å². The number of amides is 1. The standard InChI is InChI=1S/C16H17NO4/c1-16(21,10-11-2-6-13(18)7-3-11)15(20)17-12-4-8-14(19)9-5-12/h2-9,18-19,21H,10H2,1H3,(H,17,20)/t16-/m0/s1. The smallest absolute Gasteiger partial charge is 0.256 e. The fourth-order valence-electron chi connectivity index (χ4n) is 1.90. The third-order valence-corrected chi connectivity index (χ3v) is 3.10. The van der Waals surface area contributed by atoms with Crippen LogP contribution in [0.3, 0.4) is 0 Å². The minimum atomic E-state index is -1.59. The molecule has 0 aromatic heterocycles. The number of benzene rings is 2. The Bertz CT molecular complexity index is 618. The van der Waals surface area contributed by atoms with Gasteiger partial charge in [-0.25, -0.2) is 0 Å². The average Bonchev–Trinajstić information content (AvgIpc) is 2.43. The number of aliphatic hydroxyl groups is 1. The molecule has 0 saturated carbocycles. The summed E-state index contributed by atoms with van der Waals surface area (Å²) in [5.41, 5.74) is -0.364. The molecule has 1 amide bonds. The molecule has 5 nitrogen and oxygen atoms in total. The summed E-state index contributed by atoms with van der Waals surface area (Å²) in [6, 6.07) is 12.3. The van der Waals surface area contributed by atoms with Gasteiger partial charge in [0.1, 0.15) is 17.1 Å². The highest BCUT2D eigenvalue weighted by Gasteiger charge is 2.30. The van der Waals surface area contributed by atoms with Crippen LogP contribution < -0.4 is 5.32 Å². The van der Waals surface area contributed by atoms with Crippen molar-refractivity contribution in [3.63, 3.8) is 0 Å². The van der Waals surface area contributed by atoms with Gasteiger partial charge >= 0.3 is 0 Å². The Kier molecular flexibility index (Phi) is 4.14. The maximum absolute atomic E-state index is 12.1. The summed E-state index contributed by atoms with van der Waals surface area (Å²) in [5.74, 6) is -0.308. The summed E-state index contributed by atoms with van der Waals surface area (Å²) in [5, 5.41) is 31.3. The van der Waals surface area contributed by atoms with Gasteiger partial charge in [-0.05, 0) is 48.9 Å². The fourth-order valence-corrected chi connectivity index (χ4v) is 1.90. The van der Waals surface area contributed by atoms with Gasteiger partial charge in [-0.3, -0.25) is 4.79 Å². The zero-order valence-corrected chi connectivity index (χ0v) is 11.6. The van der Waals surface area contributed by atoms with Gasteiger partial charge in [0.25, 0.3) is 5.91 Å². The molecule has 21 heavy (non-hydrogen) atoms. The summed E-state index contributed by atoms with van der Waals surface area (Å²) in [4.78, 5) is 12.1. The Hall–Kier alpha value is -2.53. The molecule has 0 heterocycles. The van der Waals surface area contributed by atoms with Crippen LogP contribution >= 0.6 is 0 Å². The van der Waals surface area contributed by atoms with Gasteiger partial charge in [0.15, 0.2) is 0 Å². The largest absolute Gasteiger partial charge is 0.508 e. The SMILES string of the molecule is C[C@](O)(Cc1ccc(O)cc1)C(=O)Nc1ccc(O)cc1. The fraction of sp³-hybridized carbons (Fsp3) is 0.188. The molecular weight excluding hydrogens is 270 g/mol. The van der Waals surface area contributed by atoms with Crippen molar-refractivity contribution >= 4 is 11.6 Å². The second kappa shape index (κ2) is 5.85. The Morgan fingerprint density at radius 1 is 1.00 bits per heavy atom. The van der Waals surface area contributed by atoms with Crippen molar-refractivity contribution in [1.29, 1.82) is 0 Å². The molecule has 110 valence electrons. The first kappa shape index (κ1) is 14.9. The van der Waals surface area contributed by atoms with Gasteiger partial charge in [-0.15, -0.1) is 0 Å². The monoisotopic (exact) mass is 287 g/mol. The van der Waals surface area contributed by atoms with Crippen molar-refractivity contribution in [2.24, 2.45) is 0 Å². The summed E-state index contributed by atoms with van der Waals surface area (Å²) >= 11 is 0. The van der Waals surface area contributed by atoms with Crippen LogP contribution in [0.25, 0.3) is 0 Å². The van der Waals surface area contributed by atoms with Crippen molar-refractivity contribution in [2.45, 2.75) is 18.9 Å². The molecule has 0 spiro atoms. The van der Waals surface area contributed by atoms with Crippen LogP contribution in [-0.2, 0) is 11.2 Å². The molecule has 5 heteroatoms. The maximum Gasteiger partial charge on any atom is 0.256 e. The zero-order chi connectivity index (χ0) is 15.5. The van der Waals surface area contributed by atoms with E-state index in [0.29, 0.717) is 5.69 Å². The molecular formula is C16H17NO4. The van der Waals surface area contributed by atoms with E-state index in [4.69, 9.17) is 0 Å². The molecule has 2 aromatic rings. The molecule has 0 fully saturated rings. The predicted octanol–water partition coefficient (Wildman–Crippen LogP) is 2.03. The van der Waals surface area contributed by atoms with Crippen LogP contribution in [0.2, 0.25) is 0 Å². The lowest BCUT2D eigenvalue weighted by molar-refractivity contribution is -0.132. The van der Waals surface area contributed by atoms with Crippen LogP contribution in [-0.4, -0.2) is 26.8 Å². The third kappa shape index (κ3) is 3.97. The van der Waals surface area contributed by atoms with Crippen LogP contribution in [0.4, 0.5) is 5.69 Å². The molecule has 0 saturated heterocycles. The first-order valence-corrected chi connectivity index (χ1v) is 6.47. The highest BCUT2D eigenvalue weighted by atomic mass is 16.3. The van der Waals surface area contributed by atoms with E-state index in [1.165, 1.54) is 31.2 Å². The molecule has 0 radical (unpaired) electrons. The summed E-state index contributed by atoms with van der Waals surface area (Å²) in [6.07, 6.45) is 0.122. The number of hydrogen-bond donors (Lipinski definition) is 4. The molecule has 0 aliphatic heterocycles. The van der Waals surface area contributed by atoms with E-state index in [2.05, 4.69) is 5.32 Å². The van der Waals surface area contributed by atoms with Gasteiger partial charge in [-0.1, -0.05) is 12.1 Å². The first-order valence-electron chi connectivity index (χ1n) is 6.47. The molecule has 4 N–H and O–H groups in total. The topological polar surface area (TPSA) is 89.8 Å². The Labute approximate surface area is 122 Å². The van der Waals surface area contributed by atoms with Crippen LogP contribution in [0, 0.1) is 0 Å². The number of rotatable bonds is 4.